The SMILES string of the molecule is CCCCCOc1ccccc1CN1C(=O)C2(OCCO2)c2ccccc21. The monoisotopic (exact) mass is 367 g/mol. The van der Waals surface area contributed by atoms with Gasteiger partial charge in [0.25, 0.3) is 11.7 Å². The van der Waals surface area contributed by atoms with E-state index >= 15 is 0 Å². The Kier molecular flexibility index (Phi) is 5.14. The number of hydrogen-bond donors (Lipinski definition) is 0. The van der Waals surface area contributed by atoms with Crippen molar-refractivity contribution in [1.29, 1.82) is 0 Å². The van der Waals surface area contributed by atoms with E-state index in [2.05, 4.69) is 6.92 Å². The van der Waals surface area contributed by atoms with Crippen molar-refractivity contribution in [2.24, 2.45) is 0 Å². The summed E-state index contributed by atoms with van der Waals surface area (Å²) < 4.78 is 17.6. The average molecular weight is 367 g/mol. The first kappa shape index (κ1) is 18.0. The van der Waals surface area contributed by atoms with Crippen molar-refractivity contribution in [2.45, 2.75) is 38.5 Å². The number of unbranched alkanes of at least 4 members (excludes halogenated alkanes) is 2. The van der Waals surface area contributed by atoms with Gasteiger partial charge in [-0.1, -0.05) is 56.2 Å². The van der Waals surface area contributed by atoms with Crippen LogP contribution in [-0.4, -0.2) is 25.7 Å². The molecule has 27 heavy (non-hydrogen) atoms. The molecule has 2 heterocycles. The summed E-state index contributed by atoms with van der Waals surface area (Å²) in [6.07, 6.45) is 3.34. The first-order valence-electron chi connectivity index (χ1n) is 9.66. The van der Waals surface area contributed by atoms with Gasteiger partial charge < -0.3 is 19.1 Å². The van der Waals surface area contributed by atoms with Gasteiger partial charge in [0.05, 0.1) is 32.1 Å². The van der Waals surface area contributed by atoms with Crippen molar-refractivity contribution < 1.29 is 19.0 Å². The van der Waals surface area contributed by atoms with Crippen LogP contribution in [0.5, 0.6) is 5.75 Å². The maximum absolute atomic E-state index is 13.2. The highest BCUT2D eigenvalue weighted by Crippen LogP contribution is 2.46. The molecule has 0 bridgehead atoms. The zero-order valence-electron chi connectivity index (χ0n) is 15.6. The van der Waals surface area contributed by atoms with E-state index in [1.54, 1.807) is 4.90 Å². The normalized spacial score (nSPS) is 17.5. The van der Waals surface area contributed by atoms with Crippen molar-refractivity contribution in [3.8, 4) is 5.75 Å². The predicted molar refractivity (Wildman–Crippen MR) is 103 cm³/mol. The summed E-state index contributed by atoms with van der Waals surface area (Å²) in [6.45, 7) is 4.13. The number of para-hydroxylation sites is 2. The highest BCUT2D eigenvalue weighted by molar-refractivity contribution is 6.06. The number of ether oxygens (including phenoxy) is 3. The maximum atomic E-state index is 13.2. The van der Waals surface area contributed by atoms with Crippen LogP contribution in [0, 0.1) is 0 Å². The molecule has 0 aromatic heterocycles. The summed E-state index contributed by atoms with van der Waals surface area (Å²) >= 11 is 0. The fourth-order valence-electron chi connectivity index (χ4n) is 3.72. The number of nitrogens with zero attached hydrogens (tertiary/aromatic N) is 1. The molecule has 0 radical (unpaired) electrons. The summed E-state index contributed by atoms with van der Waals surface area (Å²) in [6, 6.07) is 15.6. The second-order valence-electron chi connectivity index (χ2n) is 6.89. The van der Waals surface area contributed by atoms with E-state index in [4.69, 9.17) is 14.2 Å². The molecule has 1 fully saturated rings. The Balaban J connectivity index is 1.59. The van der Waals surface area contributed by atoms with Crippen molar-refractivity contribution in [3.05, 3.63) is 59.7 Å². The quantitative estimate of drug-likeness (QED) is 0.694. The van der Waals surface area contributed by atoms with Gasteiger partial charge in [0.1, 0.15) is 5.75 Å². The summed E-state index contributed by atoms with van der Waals surface area (Å²) in [5.74, 6) is -0.622. The Bertz CT molecular complexity index is 813. The van der Waals surface area contributed by atoms with Crippen LogP contribution in [0.1, 0.15) is 37.3 Å². The van der Waals surface area contributed by atoms with E-state index in [-0.39, 0.29) is 5.91 Å². The van der Waals surface area contributed by atoms with E-state index < -0.39 is 5.79 Å². The molecule has 2 aliphatic heterocycles. The maximum Gasteiger partial charge on any atom is 0.292 e. The topological polar surface area (TPSA) is 48.0 Å². The number of rotatable bonds is 7. The van der Waals surface area contributed by atoms with Crippen LogP contribution < -0.4 is 9.64 Å². The van der Waals surface area contributed by atoms with Crippen molar-refractivity contribution >= 4 is 11.6 Å². The minimum atomic E-state index is -1.28. The Morgan fingerprint density at radius 2 is 1.78 bits per heavy atom. The van der Waals surface area contributed by atoms with E-state index in [0.29, 0.717) is 26.4 Å². The zero-order chi connectivity index (χ0) is 18.7. The molecule has 0 atom stereocenters. The standard InChI is InChI=1S/C22H25NO4/c1-2-3-8-13-25-20-12-7-4-9-17(20)16-23-19-11-6-5-10-18(19)22(21(23)24)26-14-15-27-22/h4-7,9-12H,2-3,8,13-16H2,1H3. The molecular formula is C22H25NO4. The smallest absolute Gasteiger partial charge is 0.292 e. The van der Waals surface area contributed by atoms with E-state index in [1.165, 1.54) is 0 Å². The van der Waals surface area contributed by atoms with Gasteiger partial charge in [-0.2, -0.15) is 0 Å². The fourth-order valence-corrected chi connectivity index (χ4v) is 3.72. The van der Waals surface area contributed by atoms with Crippen LogP contribution in [0.15, 0.2) is 48.5 Å². The molecule has 2 aromatic carbocycles. The molecule has 1 saturated heterocycles. The van der Waals surface area contributed by atoms with Gasteiger partial charge in [0.2, 0.25) is 0 Å². The minimum absolute atomic E-state index is 0.165. The van der Waals surface area contributed by atoms with Gasteiger partial charge >= 0.3 is 0 Å². The second kappa shape index (κ2) is 7.71. The number of carbonyl (C=O) groups excluding carboxylic acids is 1. The van der Waals surface area contributed by atoms with Gasteiger partial charge in [0, 0.05) is 11.1 Å². The van der Waals surface area contributed by atoms with Crippen molar-refractivity contribution in [2.75, 3.05) is 24.7 Å². The summed E-state index contributed by atoms with van der Waals surface area (Å²) in [7, 11) is 0. The highest BCUT2D eigenvalue weighted by atomic mass is 16.7. The number of amides is 1. The third kappa shape index (κ3) is 3.22. The predicted octanol–water partition coefficient (Wildman–Crippen LogP) is 4.00. The minimum Gasteiger partial charge on any atom is -0.493 e. The average Bonchev–Trinajstić information content (AvgIpc) is 3.28. The van der Waals surface area contributed by atoms with Gasteiger partial charge in [-0.05, 0) is 18.6 Å². The first-order chi connectivity index (χ1) is 13.3. The van der Waals surface area contributed by atoms with E-state index in [9.17, 15) is 4.79 Å². The largest absolute Gasteiger partial charge is 0.493 e. The number of anilines is 1. The fraction of sp³-hybridized carbons (Fsp3) is 0.409. The molecule has 142 valence electrons. The lowest BCUT2D eigenvalue weighted by Gasteiger charge is -2.23. The summed E-state index contributed by atoms with van der Waals surface area (Å²) in [5.41, 5.74) is 2.60. The molecule has 5 heteroatoms. The van der Waals surface area contributed by atoms with Crippen LogP contribution in [0.3, 0.4) is 0 Å². The van der Waals surface area contributed by atoms with Crippen LogP contribution in [0.4, 0.5) is 5.69 Å². The van der Waals surface area contributed by atoms with Crippen LogP contribution >= 0.6 is 0 Å². The molecule has 0 N–H and O–H groups in total. The van der Waals surface area contributed by atoms with Gasteiger partial charge in [-0.25, -0.2) is 0 Å². The van der Waals surface area contributed by atoms with Crippen LogP contribution in [0.25, 0.3) is 0 Å². The third-order valence-electron chi connectivity index (χ3n) is 5.08. The number of hydrogen-bond acceptors (Lipinski definition) is 4. The van der Waals surface area contributed by atoms with Crippen LogP contribution in [0.2, 0.25) is 0 Å². The highest BCUT2D eigenvalue weighted by Gasteiger charge is 2.55. The molecule has 0 aliphatic carbocycles. The molecule has 5 nitrogen and oxygen atoms in total. The lowest BCUT2D eigenvalue weighted by molar-refractivity contribution is -0.180. The first-order valence-corrected chi connectivity index (χ1v) is 9.66. The second-order valence-corrected chi connectivity index (χ2v) is 6.89. The number of fused-ring (bicyclic) bond motifs is 2. The Hall–Kier alpha value is -2.37. The third-order valence-corrected chi connectivity index (χ3v) is 5.08. The molecule has 0 saturated carbocycles. The molecule has 2 aromatic rings. The summed E-state index contributed by atoms with van der Waals surface area (Å²) in [5, 5.41) is 0. The van der Waals surface area contributed by atoms with Gasteiger partial charge in [-0.3, -0.25) is 4.79 Å². The molecule has 1 spiro atoms. The van der Waals surface area contributed by atoms with Crippen LogP contribution in [-0.2, 0) is 26.6 Å². The Morgan fingerprint density at radius 3 is 2.59 bits per heavy atom. The van der Waals surface area contributed by atoms with E-state index in [0.717, 1.165) is 41.8 Å². The van der Waals surface area contributed by atoms with E-state index in [1.807, 2.05) is 48.5 Å². The van der Waals surface area contributed by atoms with Crippen molar-refractivity contribution in [1.82, 2.24) is 0 Å². The number of benzene rings is 2. The lowest BCUT2D eigenvalue weighted by Crippen LogP contribution is -2.40. The van der Waals surface area contributed by atoms with Crippen molar-refractivity contribution in [3.63, 3.8) is 0 Å². The zero-order valence-corrected chi connectivity index (χ0v) is 15.6. The Labute approximate surface area is 159 Å². The molecule has 4 rings (SSSR count). The lowest BCUT2D eigenvalue weighted by atomic mass is 10.1. The summed E-state index contributed by atoms with van der Waals surface area (Å²) in [4.78, 5) is 15.0. The Morgan fingerprint density at radius 1 is 1.04 bits per heavy atom. The molecule has 1 amide bonds. The molecule has 0 unspecified atom stereocenters. The van der Waals surface area contributed by atoms with Gasteiger partial charge in [-0.15, -0.1) is 0 Å². The molecule has 2 aliphatic rings. The van der Waals surface area contributed by atoms with Gasteiger partial charge in [0.15, 0.2) is 0 Å². The number of carbonyl (C=O) groups is 1. The molecular weight excluding hydrogens is 342 g/mol.